The first kappa shape index (κ1) is 10.9. The normalized spacial score (nSPS) is 11.1. The number of anilines is 1. The van der Waals surface area contributed by atoms with Crippen LogP contribution in [0.15, 0.2) is 34.8 Å². The van der Waals surface area contributed by atoms with Gasteiger partial charge in [-0.25, -0.2) is 0 Å². The lowest BCUT2D eigenvalue weighted by Crippen LogP contribution is -2.11. The molecule has 0 unspecified atom stereocenters. The molecule has 14 heavy (non-hydrogen) atoms. The molecule has 5 heteroatoms. The van der Waals surface area contributed by atoms with E-state index in [-0.39, 0.29) is 16.5 Å². The highest BCUT2D eigenvalue weighted by molar-refractivity contribution is 6.47. The Hall–Kier alpha value is -1.19. The van der Waals surface area contributed by atoms with Crippen molar-refractivity contribution in [3.8, 4) is 5.75 Å². The van der Waals surface area contributed by atoms with Gasteiger partial charge in [-0.1, -0.05) is 35.3 Å². The number of carbonyl (C=O) groups excluding carboxylic acids is 1. The Balaban J connectivity index is 2.80. The molecule has 2 N–H and O–H groups in total. The van der Waals surface area contributed by atoms with Crippen LogP contribution in [0.3, 0.4) is 0 Å². The number of rotatable bonds is 2. The molecule has 1 rings (SSSR count). The van der Waals surface area contributed by atoms with Crippen LogP contribution in [-0.2, 0) is 4.79 Å². The molecule has 0 heterocycles. The first-order valence-electron chi connectivity index (χ1n) is 3.70. The van der Waals surface area contributed by atoms with Crippen molar-refractivity contribution in [3.05, 3.63) is 34.8 Å². The molecule has 0 aliphatic heterocycles. The van der Waals surface area contributed by atoms with Crippen LogP contribution in [0.4, 0.5) is 5.69 Å². The molecule has 0 bridgehead atoms. The summed E-state index contributed by atoms with van der Waals surface area (Å²) < 4.78 is 0. The third-order valence-corrected chi connectivity index (χ3v) is 2.08. The minimum Gasteiger partial charge on any atom is -0.506 e. The third kappa shape index (κ3) is 2.65. The van der Waals surface area contributed by atoms with E-state index >= 15 is 0 Å². The van der Waals surface area contributed by atoms with Gasteiger partial charge in [0.2, 0.25) is 0 Å². The van der Waals surface area contributed by atoms with Crippen LogP contribution in [0.1, 0.15) is 0 Å². The second-order valence-corrected chi connectivity index (χ2v) is 3.05. The zero-order valence-corrected chi connectivity index (χ0v) is 8.51. The van der Waals surface area contributed by atoms with Crippen LogP contribution in [0.2, 0.25) is 0 Å². The molecule has 0 saturated carbocycles. The Morgan fingerprint density at radius 1 is 1.43 bits per heavy atom. The maximum Gasteiger partial charge on any atom is 0.268 e. The van der Waals surface area contributed by atoms with Gasteiger partial charge in [0, 0.05) is 5.54 Å². The number of benzene rings is 1. The number of para-hydroxylation sites is 2. The van der Waals surface area contributed by atoms with Gasteiger partial charge in [0.1, 0.15) is 10.8 Å². The quantitative estimate of drug-likeness (QED) is 0.608. The summed E-state index contributed by atoms with van der Waals surface area (Å²) in [6.07, 6.45) is 0. The van der Waals surface area contributed by atoms with Crippen LogP contribution >= 0.6 is 23.2 Å². The number of aromatic hydroxyl groups is 1. The summed E-state index contributed by atoms with van der Waals surface area (Å²) in [6.45, 7) is 0. The summed E-state index contributed by atoms with van der Waals surface area (Å²) in [5.41, 5.74) is 1.24. The molecule has 0 aliphatic carbocycles. The van der Waals surface area contributed by atoms with E-state index in [1.54, 1.807) is 18.2 Å². The van der Waals surface area contributed by atoms with E-state index in [0.29, 0.717) is 0 Å². The van der Waals surface area contributed by atoms with Gasteiger partial charge in [0.15, 0.2) is 0 Å². The molecule has 1 amide bonds. The maximum atomic E-state index is 11.2. The second kappa shape index (κ2) is 4.88. The average molecular weight is 232 g/mol. The van der Waals surface area contributed by atoms with E-state index in [4.69, 9.17) is 23.2 Å². The van der Waals surface area contributed by atoms with Gasteiger partial charge < -0.3 is 10.4 Å². The molecule has 1 aromatic rings. The molecule has 0 saturated heterocycles. The first-order chi connectivity index (χ1) is 6.65. The SMILES string of the molecule is O=C(Nc1ccccc1O)C(Cl)=CCl. The standard InChI is InChI=1S/C9H7Cl2NO2/c10-5-6(11)9(14)12-7-3-1-2-4-8(7)13/h1-5,13H,(H,12,14). The molecular weight excluding hydrogens is 225 g/mol. The Labute approximate surface area is 90.9 Å². The Kier molecular flexibility index (Phi) is 3.80. The molecule has 1 aromatic carbocycles. The van der Waals surface area contributed by atoms with Crippen LogP contribution in [-0.4, -0.2) is 11.0 Å². The van der Waals surface area contributed by atoms with Gasteiger partial charge in [-0.2, -0.15) is 0 Å². The van der Waals surface area contributed by atoms with Gasteiger partial charge in [-0.15, -0.1) is 0 Å². The third-order valence-electron chi connectivity index (χ3n) is 1.46. The zero-order valence-electron chi connectivity index (χ0n) is 7.00. The molecule has 0 radical (unpaired) electrons. The van der Waals surface area contributed by atoms with Crippen molar-refractivity contribution in [3.63, 3.8) is 0 Å². The van der Waals surface area contributed by atoms with E-state index in [0.717, 1.165) is 5.54 Å². The summed E-state index contributed by atoms with van der Waals surface area (Å²) in [6, 6.07) is 6.32. The molecule has 0 aliphatic rings. The van der Waals surface area contributed by atoms with E-state index in [9.17, 15) is 9.90 Å². The zero-order chi connectivity index (χ0) is 10.6. The van der Waals surface area contributed by atoms with Crippen molar-refractivity contribution in [2.45, 2.75) is 0 Å². The fraction of sp³-hybridized carbons (Fsp3) is 0. The van der Waals surface area contributed by atoms with Crippen molar-refractivity contribution in [1.29, 1.82) is 0 Å². The average Bonchev–Trinajstić information content (AvgIpc) is 2.20. The molecule has 0 atom stereocenters. The predicted octanol–water partition coefficient (Wildman–Crippen LogP) is 2.65. The lowest BCUT2D eigenvalue weighted by atomic mass is 10.3. The van der Waals surface area contributed by atoms with Gasteiger partial charge in [0.05, 0.1) is 5.69 Å². The number of halogens is 2. The highest BCUT2D eigenvalue weighted by Gasteiger charge is 2.08. The van der Waals surface area contributed by atoms with E-state index in [2.05, 4.69) is 5.32 Å². The minimum atomic E-state index is -0.567. The number of hydrogen-bond donors (Lipinski definition) is 2. The van der Waals surface area contributed by atoms with Crippen molar-refractivity contribution < 1.29 is 9.90 Å². The molecule has 3 nitrogen and oxygen atoms in total. The van der Waals surface area contributed by atoms with Crippen molar-refractivity contribution in [2.24, 2.45) is 0 Å². The van der Waals surface area contributed by atoms with E-state index < -0.39 is 5.91 Å². The Bertz CT molecular complexity index is 377. The lowest BCUT2D eigenvalue weighted by Gasteiger charge is -2.05. The van der Waals surface area contributed by atoms with Crippen molar-refractivity contribution in [1.82, 2.24) is 0 Å². The summed E-state index contributed by atoms with van der Waals surface area (Å²) in [5.74, 6) is -0.594. The number of amides is 1. The largest absolute Gasteiger partial charge is 0.506 e. The highest BCUT2D eigenvalue weighted by atomic mass is 35.5. The van der Waals surface area contributed by atoms with Gasteiger partial charge in [-0.3, -0.25) is 4.79 Å². The van der Waals surface area contributed by atoms with E-state index in [1.165, 1.54) is 6.07 Å². The van der Waals surface area contributed by atoms with Crippen LogP contribution < -0.4 is 5.32 Å². The van der Waals surface area contributed by atoms with Crippen molar-refractivity contribution in [2.75, 3.05) is 5.32 Å². The van der Waals surface area contributed by atoms with Crippen LogP contribution in [0, 0.1) is 0 Å². The second-order valence-electron chi connectivity index (χ2n) is 2.43. The summed E-state index contributed by atoms with van der Waals surface area (Å²) >= 11 is 10.7. The van der Waals surface area contributed by atoms with Crippen molar-refractivity contribution >= 4 is 34.8 Å². The van der Waals surface area contributed by atoms with Gasteiger partial charge >= 0.3 is 0 Å². The monoisotopic (exact) mass is 231 g/mol. The Morgan fingerprint density at radius 2 is 2.07 bits per heavy atom. The predicted molar refractivity (Wildman–Crippen MR) is 56.5 cm³/mol. The summed E-state index contributed by atoms with van der Waals surface area (Å²) in [5, 5.41) is 11.5. The fourth-order valence-electron chi connectivity index (χ4n) is 0.811. The number of phenols is 1. The first-order valence-corrected chi connectivity index (χ1v) is 4.52. The van der Waals surface area contributed by atoms with Gasteiger partial charge in [-0.05, 0) is 12.1 Å². The van der Waals surface area contributed by atoms with Gasteiger partial charge in [0.25, 0.3) is 5.91 Å². The van der Waals surface area contributed by atoms with Crippen LogP contribution in [0.5, 0.6) is 5.75 Å². The summed E-state index contributed by atoms with van der Waals surface area (Å²) in [7, 11) is 0. The molecular formula is C9H7Cl2NO2. The minimum absolute atomic E-state index is 0.0279. The maximum absolute atomic E-state index is 11.2. The lowest BCUT2D eigenvalue weighted by molar-refractivity contribution is -0.112. The number of hydrogen-bond acceptors (Lipinski definition) is 2. The number of phenolic OH excluding ortho intramolecular Hbond substituents is 1. The smallest absolute Gasteiger partial charge is 0.268 e. The topological polar surface area (TPSA) is 49.3 Å². The number of nitrogens with one attached hydrogen (secondary N) is 1. The fourth-order valence-corrected chi connectivity index (χ4v) is 0.957. The molecule has 74 valence electrons. The molecule has 0 spiro atoms. The van der Waals surface area contributed by atoms with Crippen LogP contribution in [0.25, 0.3) is 0 Å². The van der Waals surface area contributed by atoms with E-state index in [1.807, 2.05) is 0 Å². The molecule has 0 aromatic heterocycles. The summed E-state index contributed by atoms with van der Waals surface area (Å²) in [4.78, 5) is 11.2. The molecule has 0 fully saturated rings. The Morgan fingerprint density at radius 3 is 2.64 bits per heavy atom. The number of carbonyl (C=O) groups is 1. The highest BCUT2D eigenvalue weighted by Crippen LogP contribution is 2.22.